The van der Waals surface area contributed by atoms with E-state index in [1.54, 1.807) is 0 Å². The molecular formula is C48H71NO2. The van der Waals surface area contributed by atoms with Crippen LogP contribution in [0, 0.1) is 18.8 Å². The molecule has 0 aliphatic heterocycles. The van der Waals surface area contributed by atoms with Crippen molar-refractivity contribution in [3.63, 3.8) is 0 Å². The van der Waals surface area contributed by atoms with E-state index in [1.165, 1.54) is 116 Å². The number of rotatable bonds is 25. The van der Waals surface area contributed by atoms with Gasteiger partial charge in [-0.2, -0.15) is 0 Å². The zero-order valence-corrected chi connectivity index (χ0v) is 33.6. The second-order valence-corrected chi connectivity index (χ2v) is 15.2. The molecule has 2 atom stereocenters. The van der Waals surface area contributed by atoms with Crippen molar-refractivity contribution in [2.24, 2.45) is 11.8 Å². The van der Waals surface area contributed by atoms with E-state index in [9.17, 15) is 0 Å². The third-order valence-electron chi connectivity index (χ3n) is 11.1. The van der Waals surface area contributed by atoms with Gasteiger partial charge in [-0.1, -0.05) is 135 Å². The van der Waals surface area contributed by atoms with Crippen LogP contribution >= 0.6 is 0 Å². The molecule has 0 N–H and O–H groups in total. The lowest BCUT2D eigenvalue weighted by atomic mass is 9.98. The number of hydrogen-bond donors (Lipinski definition) is 0. The van der Waals surface area contributed by atoms with Crippen LogP contribution < -0.4 is 9.47 Å². The summed E-state index contributed by atoms with van der Waals surface area (Å²) in [6.45, 7) is 18.4. The van der Waals surface area contributed by atoms with E-state index in [2.05, 4.69) is 114 Å². The van der Waals surface area contributed by atoms with Crippen LogP contribution in [-0.4, -0.2) is 17.8 Å². The molecule has 0 bridgehead atoms. The Kier molecular flexibility index (Phi) is 17.5. The standard InChI is InChI=1S/C48H71NO2/c1-8-14-17-18-19-20-30-49-45-28-24-37(7)31-43(45)44-32-40(26-29-46(44)49)25-27-42-34-47(50-35-38(12-5)22-15-9-2)41(21-11-4)33-48(42)51-36-39(13-6)23-16-10-3/h11,21,24,26,28-29,31-34,38-39H,8-10,12-20,22-23,25,27,30,35-36H2,1-7H3/b21-11+. The summed E-state index contributed by atoms with van der Waals surface area (Å²) in [5.74, 6) is 3.19. The molecule has 1 heterocycles. The third kappa shape index (κ3) is 11.9. The first-order valence-electron chi connectivity index (χ1n) is 21.0. The number of unbranched alkanes of at least 4 members (excludes halogenated alkanes) is 7. The van der Waals surface area contributed by atoms with Crippen molar-refractivity contribution in [2.75, 3.05) is 13.2 Å². The van der Waals surface area contributed by atoms with Crippen LogP contribution in [0.15, 0.2) is 54.6 Å². The molecule has 4 aromatic rings. The molecule has 0 saturated heterocycles. The third-order valence-corrected chi connectivity index (χ3v) is 11.1. The lowest BCUT2D eigenvalue weighted by Gasteiger charge is -2.21. The maximum Gasteiger partial charge on any atom is 0.127 e. The highest BCUT2D eigenvalue weighted by Gasteiger charge is 2.17. The zero-order valence-electron chi connectivity index (χ0n) is 33.6. The number of nitrogens with zero attached hydrogens (tertiary/aromatic N) is 1. The summed E-state index contributed by atoms with van der Waals surface area (Å²) in [6, 6.07) is 18.8. The van der Waals surface area contributed by atoms with Crippen LogP contribution in [-0.2, 0) is 19.4 Å². The Morgan fingerprint density at radius 3 is 1.88 bits per heavy atom. The second kappa shape index (κ2) is 22.0. The highest BCUT2D eigenvalue weighted by molar-refractivity contribution is 6.08. The Labute approximate surface area is 312 Å². The average molecular weight is 694 g/mol. The molecule has 1 aromatic heterocycles. The SMILES string of the molecule is C/C=C/c1cc(OCC(CC)CCCC)c(CCc2ccc3c(c2)c2cc(C)ccc2n3CCCCCCCC)cc1OCC(CC)CCCC. The molecule has 280 valence electrons. The minimum Gasteiger partial charge on any atom is -0.493 e. The largest absolute Gasteiger partial charge is 0.493 e. The second-order valence-electron chi connectivity index (χ2n) is 15.2. The van der Waals surface area contributed by atoms with E-state index in [-0.39, 0.29) is 0 Å². The smallest absolute Gasteiger partial charge is 0.127 e. The average Bonchev–Trinajstić information content (AvgIpc) is 3.44. The van der Waals surface area contributed by atoms with Gasteiger partial charge >= 0.3 is 0 Å². The lowest BCUT2D eigenvalue weighted by molar-refractivity contribution is 0.226. The zero-order chi connectivity index (χ0) is 36.4. The number of allylic oxidation sites excluding steroid dienone is 1. The van der Waals surface area contributed by atoms with Gasteiger partial charge in [0.1, 0.15) is 11.5 Å². The first-order valence-corrected chi connectivity index (χ1v) is 21.0. The Morgan fingerprint density at radius 1 is 0.627 bits per heavy atom. The molecule has 3 aromatic carbocycles. The minimum absolute atomic E-state index is 0.585. The predicted molar refractivity (Wildman–Crippen MR) is 224 cm³/mol. The van der Waals surface area contributed by atoms with Crippen LogP contribution in [0.5, 0.6) is 11.5 Å². The van der Waals surface area contributed by atoms with Crippen molar-refractivity contribution in [1.29, 1.82) is 0 Å². The number of benzene rings is 3. The molecule has 0 radical (unpaired) electrons. The van der Waals surface area contributed by atoms with E-state index < -0.39 is 0 Å². The Hall–Kier alpha value is -3.20. The molecule has 0 saturated carbocycles. The molecule has 0 aliphatic rings. The van der Waals surface area contributed by atoms with Gasteiger partial charge in [0.05, 0.1) is 13.2 Å². The summed E-state index contributed by atoms with van der Waals surface area (Å²) in [6.07, 6.45) is 23.9. The van der Waals surface area contributed by atoms with Crippen LogP contribution in [0.25, 0.3) is 27.9 Å². The summed E-state index contributed by atoms with van der Waals surface area (Å²) in [7, 11) is 0. The normalized spacial score (nSPS) is 13.1. The Morgan fingerprint density at radius 2 is 1.24 bits per heavy atom. The van der Waals surface area contributed by atoms with Crippen molar-refractivity contribution in [3.05, 3.63) is 76.9 Å². The van der Waals surface area contributed by atoms with Gasteiger partial charge in [0, 0.05) is 33.9 Å². The Bertz CT molecular complexity index is 1630. The lowest BCUT2D eigenvalue weighted by Crippen LogP contribution is -2.14. The highest BCUT2D eigenvalue weighted by Crippen LogP contribution is 2.35. The van der Waals surface area contributed by atoms with Crippen LogP contribution in [0.3, 0.4) is 0 Å². The molecule has 51 heavy (non-hydrogen) atoms. The topological polar surface area (TPSA) is 23.4 Å². The summed E-state index contributed by atoms with van der Waals surface area (Å²) < 4.78 is 16.0. The summed E-state index contributed by atoms with van der Waals surface area (Å²) in [5.41, 5.74) is 7.83. The summed E-state index contributed by atoms with van der Waals surface area (Å²) >= 11 is 0. The number of aryl methyl sites for hydroxylation is 4. The van der Waals surface area contributed by atoms with Gasteiger partial charge in [0.2, 0.25) is 0 Å². The maximum absolute atomic E-state index is 6.74. The van der Waals surface area contributed by atoms with Crippen molar-refractivity contribution < 1.29 is 9.47 Å². The van der Waals surface area contributed by atoms with Crippen LogP contribution in [0.2, 0.25) is 0 Å². The summed E-state index contributed by atoms with van der Waals surface area (Å²) in [4.78, 5) is 0. The predicted octanol–water partition coefficient (Wildman–Crippen LogP) is 14.5. The number of hydrogen-bond acceptors (Lipinski definition) is 2. The van der Waals surface area contributed by atoms with Gasteiger partial charge in [0.25, 0.3) is 0 Å². The first kappa shape index (κ1) is 40.6. The van der Waals surface area contributed by atoms with E-state index >= 15 is 0 Å². The number of ether oxygens (including phenoxy) is 2. The van der Waals surface area contributed by atoms with Gasteiger partial charge in [-0.25, -0.2) is 0 Å². The minimum atomic E-state index is 0.585. The van der Waals surface area contributed by atoms with Gasteiger partial charge in [0.15, 0.2) is 0 Å². The number of fused-ring (bicyclic) bond motifs is 3. The van der Waals surface area contributed by atoms with Crippen LogP contribution in [0.1, 0.15) is 154 Å². The van der Waals surface area contributed by atoms with Gasteiger partial charge in [-0.3, -0.25) is 0 Å². The first-order chi connectivity index (χ1) is 25.0. The molecule has 2 unspecified atom stereocenters. The van der Waals surface area contributed by atoms with Crippen molar-refractivity contribution >= 4 is 27.9 Å². The number of aromatic nitrogens is 1. The highest BCUT2D eigenvalue weighted by atomic mass is 16.5. The molecule has 0 amide bonds. The van der Waals surface area contributed by atoms with Gasteiger partial charge in [-0.05, 0) is 105 Å². The molecular weight excluding hydrogens is 623 g/mol. The molecule has 3 heteroatoms. The monoisotopic (exact) mass is 694 g/mol. The molecule has 4 rings (SSSR count). The van der Waals surface area contributed by atoms with Crippen molar-refractivity contribution in [1.82, 2.24) is 4.57 Å². The fourth-order valence-corrected chi connectivity index (χ4v) is 7.58. The quantitative estimate of drug-likeness (QED) is 0.0645. The van der Waals surface area contributed by atoms with E-state index in [0.29, 0.717) is 11.8 Å². The van der Waals surface area contributed by atoms with E-state index in [0.717, 1.165) is 62.5 Å². The van der Waals surface area contributed by atoms with Crippen molar-refractivity contribution in [2.45, 2.75) is 158 Å². The maximum atomic E-state index is 6.74. The molecule has 3 nitrogen and oxygen atoms in total. The fraction of sp³-hybridized carbons (Fsp3) is 0.583. The molecule has 0 aliphatic carbocycles. The fourth-order valence-electron chi connectivity index (χ4n) is 7.58. The molecule has 0 fully saturated rings. The summed E-state index contributed by atoms with van der Waals surface area (Å²) in [5, 5.41) is 2.78. The Balaban J connectivity index is 1.62. The van der Waals surface area contributed by atoms with Crippen molar-refractivity contribution in [3.8, 4) is 11.5 Å². The van der Waals surface area contributed by atoms with Gasteiger partial charge in [-0.15, -0.1) is 0 Å². The van der Waals surface area contributed by atoms with Crippen LogP contribution in [0.4, 0.5) is 0 Å². The molecule has 0 spiro atoms. The van der Waals surface area contributed by atoms with E-state index in [4.69, 9.17) is 9.47 Å². The van der Waals surface area contributed by atoms with E-state index in [1.807, 2.05) is 0 Å². The van der Waals surface area contributed by atoms with Gasteiger partial charge < -0.3 is 14.0 Å².